The molecular weight excluding hydrogens is 333 g/mol. The molecular formula is C11H9BrFN5O2. The number of aromatic amines is 1. The van der Waals surface area contributed by atoms with Crippen molar-refractivity contribution in [2.24, 2.45) is 10.9 Å². The van der Waals surface area contributed by atoms with Gasteiger partial charge in [-0.2, -0.15) is 5.10 Å². The number of carbonyl (C=O) groups excluding carboxylic acids is 1. The fourth-order valence-electron chi connectivity index (χ4n) is 1.45. The molecule has 7 nitrogen and oxygen atoms in total. The van der Waals surface area contributed by atoms with E-state index >= 15 is 0 Å². The predicted octanol–water partition coefficient (Wildman–Crippen LogP) is 1.66. The topological polar surface area (TPSA) is 116 Å². The van der Waals surface area contributed by atoms with Crippen LogP contribution in [0.25, 0.3) is 0 Å². The van der Waals surface area contributed by atoms with Crippen molar-refractivity contribution in [3.63, 3.8) is 0 Å². The van der Waals surface area contributed by atoms with Crippen LogP contribution in [0.5, 0.6) is 0 Å². The number of hydrogen-bond donors (Lipinski definition) is 4. The standard InChI is InChI=1S/C11H9BrFN5O2/c12-7-3-5(1-2-8(7)13)11(19)16-10-6(4-15-17-10)9(14)18-20/h1-4,20H,(H2,14,18)(H2,15,16,17,19). The Morgan fingerprint density at radius 1 is 1.55 bits per heavy atom. The Labute approximate surface area is 120 Å². The smallest absolute Gasteiger partial charge is 0.256 e. The van der Waals surface area contributed by atoms with E-state index in [1.165, 1.54) is 18.3 Å². The van der Waals surface area contributed by atoms with Gasteiger partial charge in [-0.15, -0.1) is 0 Å². The normalized spacial score (nSPS) is 11.4. The van der Waals surface area contributed by atoms with E-state index in [-0.39, 0.29) is 27.3 Å². The van der Waals surface area contributed by atoms with E-state index in [1.54, 1.807) is 0 Å². The Balaban J connectivity index is 2.24. The number of H-pyrrole nitrogens is 1. The fraction of sp³-hybridized carbons (Fsp3) is 0. The molecule has 0 bridgehead atoms. The molecule has 1 heterocycles. The van der Waals surface area contributed by atoms with Gasteiger partial charge in [0.2, 0.25) is 0 Å². The van der Waals surface area contributed by atoms with Gasteiger partial charge in [0.25, 0.3) is 5.91 Å². The highest BCUT2D eigenvalue weighted by Crippen LogP contribution is 2.18. The Hall–Kier alpha value is -2.42. The van der Waals surface area contributed by atoms with Gasteiger partial charge in [-0.3, -0.25) is 9.89 Å². The van der Waals surface area contributed by atoms with Crippen LogP contribution >= 0.6 is 15.9 Å². The molecule has 0 aliphatic carbocycles. The quantitative estimate of drug-likeness (QED) is 0.294. The van der Waals surface area contributed by atoms with Crippen molar-refractivity contribution < 1.29 is 14.4 Å². The minimum absolute atomic E-state index is 0.172. The van der Waals surface area contributed by atoms with Gasteiger partial charge in [0.15, 0.2) is 5.84 Å². The molecule has 0 aliphatic rings. The van der Waals surface area contributed by atoms with E-state index in [0.29, 0.717) is 0 Å². The summed E-state index contributed by atoms with van der Waals surface area (Å²) >= 11 is 2.99. The van der Waals surface area contributed by atoms with Gasteiger partial charge < -0.3 is 16.3 Å². The molecule has 2 aromatic rings. The Morgan fingerprint density at radius 2 is 2.30 bits per heavy atom. The first kappa shape index (κ1) is 14.0. The molecule has 5 N–H and O–H groups in total. The van der Waals surface area contributed by atoms with E-state index in [9.17, 15) is 9.18 Å². The third-order valence-corrected chi connectivity index (χ3v) is 3.05. The summed E-state index contributed by atoms with van der Waals surface area (Å²) in [6, 6.07) is 3.83. The van der Waals surface area contributed by atoms with E-state index < -0.39 is 11.7 Å². The lowest BCUT2D eigenvalue weighted by Crippen LogP contribution is -2.18. The number of rotatable bonds is 3. The number of oxime groups is 1. The van der Waals surface area contributed by atoms with Crippen LogP contribution in [0.4, 0.5) is 10.2 Å². The zero-order chi connectivity index (χ0) is 14.7. The number of carbonyl (C=O) groups is 1. The summed E-state index contributed by atoms with van der Waals surface area (Å²) in [7, 11) is 0. The molecule has 0 aliphatic heterocycles. The van der Waals surface area contributed by atoms with Crippen LogP contribution in [0.1, 0.15) is 15.9 Å². The molecule has 0 fully saturated rings. The summed E-state index contributed by atoms with van der Waals surface area (Å²) in [5, 5.41) is 20.1. The van der Waals surface area contributed by atoms with Crippen molar-refractivity contribution in [2.75, 3.05) is 5.32 Å². The Bertz CT molecular complexity index is 685. The molecule has 1 amide bonds. The van der Waals surface area contributed by atoms with Gasteiger partial charge >= 0.3 is 0 Å². The molecule has 1 aromatic carbocycles. The lowest BCUT2D eigenvalue weighted by molar-refractivity contribution is 0.102. The van der Waals surface area contributed by atoms with Gasteiger partial charge in [-0.05, 0) is 34.1 Å². The average molecular weight is 342 g/mol. The molecule has 1 aromatic heterocycles. The molecule has 20 heavy (non-hydrogen) atoms. The number of amides is 1. The largest absolute Gasteiger partial charge is 0.409 e. The maximum Gasteiger partial charge on any atom is 0.256 e. The monoisotopic (exact) mass is 341 g/mol. The molecule has 104 valence electrons. The molecule has 0 saturated heterocycles. The highest BCUT2D eigenvalue weighted by atomic mass is 79.9. The van der Waals surface area contributed by atoms with Crippen LogP contribution in [0.3, 0.4) is 0 Å². The van der Waals surface area contributed by atoms with Crippen molar-refractivity contribution in [3.8, 4) is 0 Å². The first-order chi connectivity index (χ1) is 9.52. The van der Waals surface area contributed by atoms with Gasteiger partial charge in [0, 0.05) is 5.56 Å². The number of nitrogens with one attached hydrogen (secondary N) is 2. The number of amidine groups is 1. The second-order valence-corrected chi connectivity index (χ2v) is 4.58. The summed E-state index contributed by atoms with van der Waals surface area (Å²) in [4.78, 5) is 12.0. The summed E-state index contributed by atoms with van der Waals surface area (Å²) in [6.45, 7) is 0. The fourth-order valence-corrected chi connectivity index (χ4v) is 1.83. The van der Waals surface area contributed by atoms with Crippen LogP contribution in [0.15, 0.2) is 34.0 Å². The van der Waals surface area contributed by atoms with E-state index in [4.69, 9.17) is 10.9 Å². The van der Waals surface area contributed by atoms with Gasteiger partial charge in [-0.1, -0.05) is 5.16 Å². The number of aromatic nitrogens is 2. The molecule has 0 spiro atoms. The highest BCUT2D eigenvalue weighted by molar-refractivity contribution is 9.10. The van der Waals surface area contributed by atoms with Crippen molar-refractivity contribution in [2.45, 2.75) is 0 Å². The lowest BCUT2D eigenvalue weighted by atomic mass is 10.2. The lowest BCUT2D eigenvalue weighted by Gasteiger charge is -2.05. The maximum absolute atomic E-state index is 13.1. The van der Waals surface area contributed by atoms with Crippen LogP contribution in [-0.4, -0.2) is 27.1 Å². The molecule has 0 atom stereocenters. The Morgan fingerprint density at radius 3 is 2.95 bits per heavy atom. The average Bonchev–Trinajstić information content (AvgIpc) is 2.89. The van der Waals surface area contributed by atoms with Crippen molar-refractivity contribution in [3.05, 3.63) is 45.8 Å². The maximum atomic E-state index is 13.1. The minimum Gasteiger partial charge on any atom is -0.409 e. The summed E-state index contributed by atoms with van der Waals surface area (Å²) < 4.78 is 13.3. The number of benzene rings is 1. The third kappa shape index (κ3) is 2.77. The molecule has 0 saturated carbocycles. The zero-order valence-corrected chi connectivity index (χ0v) is 11.5. The van der Waals surface area contributed by atoms with Crippen LogP contribution in [-0.2, 0) is 0 Å². The van der Waals surface area contributed by atoms with E-state index in [0.717, 1.165) is 6.07 Å². The molecule has 0 radical (unpaired) electrons. The number of nitrogens with two attached hydrogens (primary N) is 1. The second-order valence-electron chi connectivity index (χ2n) is 3.73. The van der Waals surface area contributed by atoms with Crippen molar-refractivity contribution in [1.29, 1.82) is 0 Å². The second kappa shape index (κ2) is 5.70. The first-order valence-electron chi connectivity index (χ1n) is 5.30. The van der Waals surface area contributed by atoms with Crippen LogP contribution < -0.4 is 11.1 Å². The molecule has 0 unspecified atom stereocenters. The zero-order valence-electron chi connectivity index (χ0n) is 9.89. The van der Waals surface area contributed by atoms with Gasteiger partial charge in [0.05, 0.1) is 16.2 Å². The molecule has 2 rings (SSSR count). The van der Waals surface area contributed by atoms with Gasteiger partial charge in [-0.25, -0.2) is 4.39 Å². The van der Waals surface area contributed by atoms with Crippen LogP contribution in [0.2, 0.25) is 0 Å². The number of nitrogens with zero attached hydrogens (tertiary/aromatic N) is 2. The third-order valence-electron chi connectivity index (χ3n) is 2.44. The van der Waals surface area contributed by atoms with E-state index in [2.05, 4.69) is 36.6 Å². The van der Waals surface area contributed by atoms with Crippen LogP contribution in [0, 0.1) is 5.82 Å². The number of halogens is 2. The van der Waals surface area contributed by atoms with E-state index in [1.807, 2.05) is 0 Å². The summed E-state index contributed by atoms with van der Waals surface area (Å²) in [5.74, 6) is -0.998. The summed E-state index contributed by atoms with van der Waals surface area (Å²) in [6.07, 6.45) is 1.30. The van der Waals surface area contributed by atoms with Crippen molar-refractivity contribution in [1.82, 2.24) is 10.2 Å². The minimum atomic E-state index is -0.498. The first-order valence-corrected chi connectivity index (χ1v) is 6.10. The number of anilines is 1. The molecule has 9 heteroatoms. The Kier molecular flexibility index (Phi) is 3.99. The predicted molar refractivity (Wildman–Crippen MR) is 73.2 cm³/mol. The van der Waals surface area contributed by atoms with Crippen molar-refractivity contribution >= 4 is 33.5 Å². The van der Waals surface area contributed by atoms with Gasteiger partial charge in [0.1, 0.15) is 11.6 Å². The SMILES string of the molecule is N/C(=N/O)c1cn[nH]c1NC(=O)c1ccc(F)c(Br)c1. The number of hydrogen-bond acceptors (Lipinski definition) is 4. The highest BCUT2D eigenvalue weighted by Gasteiger charge is 2.14. The summed E-state index contributed by atoms with van der Waals surface area (Å²) in [5.41, 5.74) is 5.90.